The van der Waals surface area contributed by atoms with E-state index < -0.39 is 96.4 Å². The van der Waals surface area contributed by atoms with Crippen molar-refractivity contribution in [1.82, 2.24) is 41.5 Å². The van der Waals surface area contributed by atoms with Gasteiger partial charge in [0.25, 0.3) is 0 Å². The van der Waals surface area contributed by atoms with Gasteiger partial charge < -0.3 is 57.5 Å². The molecule has 2 heterocycles. The average molecular weight is 780 g/mol. The molecule has 19 nitrogen and oxygen atoms in total. The Bertz CT molecular complexity index is 1450. The predicted octanol–water partition coefficient (Wildman–Crippen LogP) is -1.71. The van der Waals surface area contributed by atoms with Crippen LogP contribution in [0.3, 0.4) is 0 Å². The lowest BCUT2D eigenvalue weighted by molar-refractivity contribution is -0.143. The van der Waals surface area contributed by atoms with Gasteiger partial charge in [0.15, 0.2) is 0 Å². The largest absolute Gasteiger partial charge is 0.480 e. The average Bonchev–Trinajstić information content (AvgIpc) is 3.80. The van der Waals surface area contributed by atoms with E-state index in [1.165, 1.54) is 24.3 Å². The molecule has 0 unspecified atom stereocenters. The summed E-state index contributed by atoms with van der Waals surface area (Å²) in [6.45, 7) is 11.7. The number of aliphatic hydroxyl groups is 2. The molecule has 0 spiro atoms. The molecule has 2 rings (SSSR count). The monoisotopic (exact) mass is 779 g/mol. The van der Waals surface area contributed by atoms with Gasteiger partial charge in [-0.2, -0.15) is 0 Å². The van der Waals surface area contributed by atoms with E-state index in [2.05, 4.69) is 36.6 Å². The van der Waals surface area contributed by atoms with Gasteiger partial charge in [-0.05, 0) is 56.8 Å². The first-order valence-corrected chi connectivity index (χ1v) is 18.8. The molecule has 0 bridgehead atoms. The zero-order valence-corrected chi connectivity index (χ0v) is 32.8. The van der Waals surface area contributed by atoms with E-state index in [0.29, 0.717) is 12.1 Å². The van der Waals surface area contributed by atoms with Crippen molar-refractivity contribution in [2.75, 3.05) is 13.2 Å². The number of hydrogen-bond donors (Lipinski definition) is 10. The normalized spacial score (nSPS) is 18.1. The molecule has 0 saturated carbocycles. The molecule has 0 radical (unpaired) electrons. The number of nitrogens with zero attached hydrogens (tertiary/aromatic N) is 2. The molecular formula is C36H61N9O10. The van der Waals surface area contributed by atoms with Gasteiger partial charge in [0.1, 0.15) is 42.3 Å². The van der Waals surface area contributed by atoms with Gasteiger partial charge in [0.05, 0.1) is 19.0 Å². The number of carbonyl (C=O) groups excluding carboxylic acids is 6. The standard InChI is InChI=1S/C36H61N9O10/c1-18(2)11-23(30(48)41-24(12-19(3)4)32(50)44-27(16-46)36(54)55)40-31(49)25(13-20(5)6)42-33(51)28-9-8-10-45(28)35(53)26(14-22-15-38-17-39-22)43-34(52)29(37)21(7)47/h15,17-21,23-29,46-47H,8-14,16,37H2,1-7H3,(H,38,39)(H,40,49)(H,41,48)(H,42,51)(H,43,52)(H,44,50)(H,54,55)/t21-,23+,24+,25+,26+,27+,28+,29+/m1/s1. The summed E-state index contributed by atoms with van der Waals surface area (Å²) in [5.41, 5.74) is 6.35. The van der Waals surface area contributed by atoms with E-state index in [0.717, 1.165) is 0 Å². The van der Waals surface area contributed by atoms with Crippen LogP contribution in [0.5, 0.6) is 0 Å². The lowest BCUT2D eigenvalue weighted by Crippen LogP contribution is -2.60. The Morgan fingerprint density at radius 3 is 1.67 bits per heavy atom. The number of nitrogens with one attached hydrogen (secondary N) is 6. The van der Waals surface area contributed by atoms with Gasteiger partial charge in [-0.3, -0.25) is 28.8 Å². The first-order chi connectivity index (χ1) is 25.7. The minimum atomic E-state index is -1.58. The molecule has 1 aliphatic rings. The predicted molar refractivity (Wildman–Crippen MR) is 199 cm³/mol. The van der Waals surface area contributed by atoms with Crippen LogP contribution in [0.4, 0.5) is 0 Å². The zero-order chi connectivity index (χ0) is 41.6. The van der Waals surface area contributed by atoms with Crippen LogP contribution in [0.15, 0.2) is 12.5 Å². The number of aromatic amines is 1. The molecule has 1 aromatic heterocycles. The van der Waals surface area contributed by atoms with Crippen LogP contribution in [-0.2, 0) is 40.0 Å². The molecule has 1 saturated heterocycles. The van der Waals surface area contributed by atoms with E-state index in [9.17, 15) is 48.9 Å². The quantitative estimate of drug-likeness (QED) is 0.0630. The number of carbonyl (C=O) groups is 7. The smallest absolute Gasteiger partial charge is 0.328 e. The molecule has 0 aromatic carbocycles. The Kier molecular flexibility index (Phi) is 18.7. The lowest BCUT2D eigenvalue weighted by Gasteiger charge is -2.31. The highest BCUT2D eigenvalue weighted by molar-refractivity contribution is 5.97. The van der Waals surface area contributed by atoms with E-state index in [-0.39, 0.29) is 56.4 Å². The SMILES string of the molecule is CC(C)C[C@H](NC(=O)[C@H](CC(C)C)NC(=O)[C@H](CC(C)C)NC(=O)[C@@H]1CCCN1C(=O)[C@H](Cc1cnc[nH]1)NC(=O)[C@@H](N)[C@@H](C)O)C(=O)N[C@@H](CO)C(=O)O. The summed E-state index contributed by atoms with van der Waals surface area (Å²) < 4.78 is 0. The Hall–Kier alpha value is -4.62. The number of carboxylic acids is 1. The number of H-pyrrole nitrogens is 1. The van der Waals surface area contributed by atoms with Crippen LogP contribution in [0.1, 0.15) is 86.3 Å². The molecule has 310 valence electrons. The second kappa shape index (κ2) is 22.1. The second-order valence-corrected chi connectivity index (χ2v) is 15.5. The van der Waals surface area contributed by atoms with Crippen LogP contribution in [0.25, 0.3) is 0 Å². The number of nitrogens with two attached hydrogens (primary N) is 1. The molecule has 19 heteroatoms. The van der Waals surface area contributed by atoms with Crippen LogP contribution >= 0.6 is 0 Å². The minimum absolute atomic E-state index is 0.000879. The summed E-state index contributed by atoms with van der Waals surface area (Å²) in [6.07, 6.45) is 2.95. The fourth-order valence-electron chi connectivity index (χ4n) is 6.19. The van der Waals surface area contributed by atoms with E-state index in [4.69, 9.17) is 5.73 Å². The van der Waals surface area contributed by atoms with Crippen molar-refractivity contribution in [2.24, 2.45) is 23.5 Å². The number of imidazole rings is 1. The lowest BCUT2D eigenvalue weighted by atomic mass is 9.98. The topological polar surface area (TPSA) is 298 Å². The van der Waals surface area contributed by atoms with Crippen LogP contribution in [0, 0.1) is 17.8 Å². The summed E-state index contributed by atoms with van der Waals surface area (Å²) in [7, 11) is 0. The number of amides is 6. The maximum absolute atomic E-state index is 13.9. The van der Waals surface area contributed by atoms with Gasteiger partial charge in [0, 0.05) is 24.9 Å². The summed E-state index contributed by atoms with van der Waals surface area (Å²) in [4.78, 5) is 101. The number of aliphatic carboxylic acids is 1. The van der Waals surface area contributed by atoms with Crippen molar-refractivity contribution in [1.29, 1.82) is 0 Å². The van der Waals surface area contributed by atoms with Gasteiger partial charge >= 0.3 is 5.97 Å². The zero-order valence-electron chi connectivity index (χ0n) is 32.8. The highest BCUT2D eigenvalue weighted by atomic mass is 16.4. The van der Waals surface area contributed by atoms with Crippen molar-refractivity contribution < 1.29 is 48.9 Å². The van der Waals surface area contributed by atoms with Gasteiger partial charge in [-0.1, -0.05) is 41.5 Å². The molecular weight excluding hydrogens is 718 g/mol. The Balaban J connectivity index is 2.29. The van der Waals surface area contributed by atoms with Crippen molar-refractivity contribution in [3.63, 3.8) is 0 Å². The van der Waals surface area contributed by atoms with E-state index in [1.807, 2.05) is 41.5 Å². The molecule has 1 fully saturated rings. The summed E-state index contributed by atoms with van der Waals surface area (Å²) in [6, 6.07) is -8.45. The van der Waals surface area contributed by atoms with Crippen LogP contribution in [0.2, 0.25) is 0 Å². The summed E-state index contributed by atoms with van der Waals surface area (Å²) in [5.74, 6) is -5.82. The summed E-state index contributed by atoms with van der Waals surface area (Å²) in [5, 5.41) is 41.5. The molecule has 11 N–H and O–H groups in total. The Morgan fingerprint density at radius 2 is 1.25 bits per heavy atom. The molecule has 1 aliphatic heterocycles. The number of rotatable bonds is 22. The number of aliphatic hydroxyl groups excluding tert-OH is 2. The fourth-order valence-corrected chi connectivity index (χ4v) is 6.19. The number of aromatic nitrogens is 2. The molecule has 55 heavy (non-hydrogen) atoms. The maximum atomic E-state index is 13.9. The van der Waals surface area contributed by atoms with Crippen molar-refractivity contribution >= 4 is 41.4 Å². The second-order valence-electron chi connectivity index (χ2n) is 15.5. The first-order valence-electron chi connectivity index (χ1n) is 18.8. The van der Waals surface area contributed by atoms with Gasteiger partial charge in [0.2, 0.25) is 35.4 Å². The molecule has 1 aromatic rings. The molecule has 6 amide bonds. The third-order valence-electron chi connectivity index (χ3n) is 9.07. The van der Waals surface area contributed by atoms with Gasteiger partial charge in [-0.25, -0.2) is 9.78 Å². The van der Waals surface area contributed by atoms with Crippen molar-refractivity contribution in [3.8, 4) is 0 Å². The number of hydrogen-bond acceptors (Lipinski definition) is 11. The third-order valence-corrected chi connectivity index (χ3v) is 9.07. The fraction of sp³-hybridized carbons (Fsp3) is 0.722. The minimum Gasteiger partial charge on any atom is -0.480 e. The van der Waals surface area contributed by atoms with Crippen LogP contribution < -0.4 is 32.3 Å². The molecule has 0 aliphatic carbocycles. The van der Waals surface area contributed by atoms with E-state index >= 15 is 0 Å². The van der Waals surface area contributed by atoms with Crippen LogP contribution in [-0.4, -0.2) is 133 Å². The van der Waals surface area contributed by atoms with Crippen molar-refractivity contribution in [3.05, 3.63) is 18.2 Å². The maximum Gasteiger partial charge on any atom is 0.328 e. The number of carboxylic acid groups (broad SMARTS) is 1. The summed E-state index contributed by atoms with van der Waals surface area (Å²) >= 11 is 0. The Labute approximate surface area is 321 Å². The highest BCUT2D eigenvalue weighted by Gasteiger charge is 2.40. The Morgan fingerprint density at radius 1 is 0.782 bits per heavy atom. The highest BCUT2D eigenvalue weighted by Crippen LogP contribution is 2.21. The van der Waals surface area contributed by atoms with E-state index in [1.54, 1.807) is 0 Å². The van der Waals surface area contributed by atoms with Crippen molar-refractivity contribution in [2.45, 2.75) is 135 Å². The third kappa shape index (κ3) is 14.9. The number of likely N-dealkylation sites (tertiary alicyclic amines) is 1. The molecule has 8 atom stereocenters. The first kappa shape index (κ1) is 46.5. The van der Waals surface area contributed by atoms with Gasteiger partial charge in [-0.15, -0.1) is 0 Å².